The fourth-order valence-electron chi connectivity index (χ4n) is 2.26. The van der Waals surface area contributed by atoms with E-state index in [9.17, 15) is 0 Å². The number of hydrogen-bond donors (Lipinski definition) is 2. The van der Waals surface area contributed by atoms with Crippen LogP contribution in [-0.4, -0.2) is 24.5 Å². The van der Waals surface area contributed by atoms with Gasteiger partial charge in [-0.2, -0.15) is 0 Å². The number of hydrogen-bond acceptors (Lipinski definition) is 5. The van der Waals surface area contributed by atoms with E-state index in [4.69, 9.17) is 15.3 Å². The van der Waals surface area contributed by atoms with Crippen LogP contribution in [0.3, 0.4) is 0 Å². The van der Waals surface area contributed by atoms with E-state index in [2.05, 4.69) is 10.4 Å². The molecule has 1 aromatic heterocycles. The number of hydrazine groups is 1. The summed E-state index contributed by atoms with van der Waals surface area (Å²) < 4.78 is 11.3. The van der Waals surface area contributed by atoms with Gasteiger partial charge in [0.2, 0.25) is 0 Å². The average Bonchev–Trinajstić information content (AvgIpc) is 2.49. The molecule has 1 heterocycles. The third-order valence-corrected chi connectivity index (χ3v) is 3.11. The lowest BCUT2D eigenvalue weighted by atomic mass is 10.0. The van der Waals surface area contributed by atoms with Gasteiger partial charge >= 0.3 is 0 Å². The van der Waals surface area contributed by atoms with Crippen LogP contribution >= 0.6 is 0 Å². The first-order valence-electron chi connectivity index (χ1n) is 6.84. The standard InChI is InChI=1S/C15H21N3O2/c1-3-19-15(20-4-2)14(18-16)12-9-5-7-11-8-6-10-17-13(11)12/h5-10,14-15,18H,3-4,16H2,1-2H3. The molecule has 20 heavy (non-hydrogen) atoms. The summed E-state index contributed by atoms with van der Waals surface area (Å²) in [5.74, 6) is 5.72. The van der Waals surface area contributed by atoms with E-state index < -0.39 is 6.29 Å². The van der Waals surface area contributed by atoms with Crippen molar-refractivity contribution < 1.29 is 9.47 Å². The highest BCUT2D eigenvalue weighted by molar-refractivity contribution is 5.82. The number of rotatable bonds is 7. The highest BCUT2D eigenvalue weighted by atomic mass is 16.7. The number of aromatic nitrogens is 1. The van der Waals surface area contributed by atoms with Gasteiger partial charge < -0.3 is 9.47 Å². The van der Waals surface area contributed by atoms with E-state index in [0.717, 1.165) is 16.5 Å². The van der Waals surface area contributed by atoms with Crippen molar-refractivity contribution >= 4 is 10.9 Å². The molecule has 0 bridgehead atoms. The second-order valence-corrected chi connectivity index (χ2v) is 4.35. The van der Waals surface area contributed by atoms with Gasteiger partial charge in [0.25, 0.3) is 0 Å². The summed E-state index contributed by atoms with van der Waals surface area (Å²) in [6.45, 7) is 4.98. The van der Waals surface area contributed by atoms with Crippen molar-refractivity contribution in [3.8, 4) is 0 Å². The zero-order valence-electron chi connectivity index (χ0n) is 11.9. The minimum absolute atomic E-state index is 0.270. The molecule has 1 unspecified atom stereocenters. The Morgan fingerprint density at radius 2 is 1.85 bits per heavy atom. The number of para-hydroxylation sites is 1. The molecule has 1 atom stereocenters. The second-order valence-electron chi connectivity index (χ2n) is 4.35. The summed E-state index contributed by atoms with van der Waals surface area (Å²) in [7, 11) is 0. The van der Waals surface area contributed by atoms with Crippen molar-refractivity contribution in [1.29, 1.82) is 0 Å². The third kappa shape index (κ3) is 3.13. The Balaban J connectivity index is 2.42. The van der Waals surface area contributed by atoms with Gasteiger partial charge in [-0.15, -0.1) is 0 Å². The van der Waals surface area contributed by atoms with Gasteiger partial charge in [-0.3, -0.25) is 10.8 Å². The average molecular weight is 275 g/mol. The van der Waals surface area contributed by atoms with E-state index in [0.29, 0.717) is 13.2 Å². The van der Waals surface area contributed by atoms with Crippen LogP contribution in [0, 0.1) is 0 Å². The molecule has 0 saturated carbocycles. The molecule has 108 valence electrons. The molecule has 0 aliphatic heterocycles. The summed E-state index contributed by atoms with van der Waals surface area (Å²) in [5, 5.41) is 1.07. The first-order valence-corrected chi connectivity index (χ1v) is 6.84. The fourth-order valence-corrected chi connectivity index (χ4v) is 2.26. The molecule has 1 aromatic carbocycles. The molecule has 2 rings (SSSR count). The van der Waals surface area contributed by atoms with Crippen LogP contribution in [0.15, 0.2) is 36.5 Å². The summed E-state index contributed by atoms with van der Waals surface area (Å²) in [5.41, 5.74) is 4.67. The van der Waals surface area contributed by atoms with Crippen LogP contribution in [0.1, 0.15) is 25.5 Å². The lowest BCUT2D eigenvalue weighted by Gasteiger charge is -2.27. The predicted molar refractivity (Wildman–Crippen MR) is 78.8 cm³/mol. The number of benzene rings is 1. The normalized spacial score (nSPS) is 13.0. The van der Waals surface area contributed by atoms with Crippen molar-refractivity contribution in [2.24, 2.45) is 5.84 Å². The van der Waals surface area contributed by atoms with Gasteiger partial charge in [0, 0.05) is 30.4 Å². The van der Waals surface area contributed by atoms with Crippen LogP contribution in [0.4, 0.5) is 0 Å². The predicted octanol–water partition coefficient (Wildman–Crippen LogP) is 2.14. The molecular formula is C15H21N3O2. The maximum atomic E-state index is 5.72. The van der Waals surface area contributed by atoms with Crippen LogP contribution in [-0.2, 0) is 9.47 Å². The number of nitrogens with zero attached hydrogens (tertiary/aromatic N) is 1. The number of nitrogens with one attached hydrogen (secondary N) is 1. The minimum atomic E-state index is -0.442. The molecule has 3 N–H and O–H groups in total. The quantitative estimate of drug-likeness (QED) is 0.460. The highest BCUT2D eigenvalue weighted by Gasteiger charge is 2.25. The SMILES string of the molecule is CCOC(OCC)C(NN)c1cccc2cccnc12. The third-order valence-electron chi connectivity index (χ3n) is 3.11. The molecular weight excluding hydrogens is 254 g/mol. The molecule has 2 aromatic rings. The first kappa shape index (κ1) is 14.9. The Labute approximate surface area is 119 Å². The monoisotopic (exact) mass is 275 g/mol. The molecule has 5 nitrogen and oxygen atoms in total. The summed E-state index contributed by atoms with van der Waals surface area (Å²) in [4.78, 5) is 4.45. The molecule has 0 aliphatic carbocycles. The van der Waals surface area contributed by atoms with Gasteiger partial charge in [-0.05, 0) is 19.9 Å². The number of nitrogens with two attached hydrogens (primary N) is 1. The lowest BCUT2D eigenvalue weighted by molar-refractivity contribution is -0.155. The Hall–Kier alpha value is -1.53. The summed E-state index contributed by atoms with van der Waals surface area (Å²) in [6, 6.07) is 9.67. The van der Waals surface area contributed by atoms with Crippen molar-refractivity contribution in [1.82, 2.24) is 10.4 Å². The van der Waals surface area contributed by atoms with Gasteiger partial charge in [0.15, 0.2) is 6.29 Å². The lowest BCUT2D eigenvalue weighted by Crippen LogP contribution is -2.39. The number of fused-ring (bicyclic) bond motifs is 1. The zero-order chi connectivity index (χ0) is 14.4. The fraction of sp³-hybridized carbons (Fsp3) is 0.400. The Bertz CT molecular complexity index is 536. The number of ether oxygens (including phenoxy) is 2. The topological polar surface area (TPSA) is 69.4 Å². The van der Waals surface area contributed by atoms with Crippen LogP contribution < -0.4 is 11.3 Å². The summed E-state index contributed by atoms with van der Waals surface area (Å²) >= 11 is 0. The molecule has 0 amide bonds. The van der Waals surface area contributed by atoms with Crippen molar-refractivity contribution in [2.75, 3.05) is 13.2 Å². The van der Waals surface area contributed by atoms with Crippen molar-refractivity contribution in [3.63, 3.8) is 0 Å². The zero-order valence-corrected chi connectivity index (χ0v) is 11.9. The van der Waals surface area contributed by atoms with Crippen LogP contribution in [0.5, 0.6) is 0 Å². The van der Waals surface area contributed by atoms with Crippen molar-refractivity contribution in [3.05, 3.63) is 42.1 Å². The Kier molecular flexibility index (Phi) is 5.43. The van der Waals surface area contributed by atoms with Crippen molar-refractivity contribution in [2.45, 2.75) is 26.2 Å². The second kappa shape index (κ2) is 7.31. The van der Waals surface area contributed by atoms with Crippen LogP contribution in [0.25, 0.3) is 10.9 Å². The maximum Gasteiger partial charge on any atom is 0.178 e. The molecule has 5 heteroatoms. The number of pyridine rings is 1. The van der Waals surface area contributed by atoms with Gasteiger partial charge in [0.1, 0.15) is 0 Å². The smallest absolute Gasteiger partial charge is 0.178 e. The van der Waals surface area contributed by atoms with Gasteiger partial charge in [-0.25, -0.2) is 5.43 Å². The molecule has 0 aliphatic rings. The summed E-state index contributed by atoms with van der Waals surface area (Å²) in [6.07, 6.45) is 1.33. The maximum absolute atomic E-state index is 5.72. The van der Waals surface area contributed by atoms with E-state index >= 15 is 0 Å². The van der Waals surface area contributed by atoms with Gasteiger partial charge in [-0.1, -0.05) is 24.3 Å². The first-order chi connectivity index (χ1) is 9.81. The minimum Gasteiger partial charge on any atom is -0.351 e. The van der Waals surface area contributed by atoms with Gasteiger partial charge in [0.05, 0.1) is 11.6 Å². The largest absolute Gasteiger partial charge is 0.351 e. The van der Waals surface area contributed by atoms with E-state index in [1.54, 1.807) is 6.20 Å². The molecule has 0 radical (unpaired) electrons. The van der Waals surface area contributed by atoms with Crippen LogP contribution in [0.2, 0.25) is 0 Å². The highest BCUT2D eigenvalue weighted by Crippen LogP contribution is 2.26. The van der Waals surface area contributed by atoms with E-state index in [-0.39, 0.29) is 6.04 Å². The van der Waals surface area contributed by atoms with E-state index in [1.807, 2.05) is 44.2 Å². The molecule has 0 spiro atoms. The molecule has 0 saturated heterocycles. The van der Waals surface area contributed by atoms with E-state index in [1.165, 1.54) is 0 Å². The Morgan fingerprint density at radius 1 is 1.15 bits per heavy atom. The Morgan fingerprint density at radius 3 is 2.50 bits per heavy atom. The molecule has 0 fully saturated rings.